The van der Waals surface area contributed by atoms with Crippen molar-refractivity contribution in [3.8, 4) is 0 Å². The van der Waals surface area contributed by atoms with Crippen LogP contribution in [-0.2, 0) is 0 Å². The van der Waals surface area contributed by atoms with Crippen LogP contribution < -0.4 is 9.80 Å². The van der Waals surface area contributed by atoms with Crippen LogP contribution in [0, 0.1) is 62.0 Å². The fourth-order valence-corrected chi connectivity index (χ4v) is 9.74. The van der Waals surface area contributed by atoms with Crippen molar-refractivity contribution in [3.05, 3.63) is 195 Å². The standard InChI is InChI=1S/C59H47N3O2/c1-33-14-10-18-50(37(33)5)61(51-19-11-15-34(2)38(51)6)45-24-22-41-28-47-54(30-43(41)26-45)63-56-32-49(60-9)59-58(57(47)56)48-29-42-23-25-46(27-44(42)31-55(48)64-59)62(52-20-12-16-35(3)39(52)7)53-21-13-17-36(4)40(53)8/h10-32H,1-8H3. The van der Waals surface area contributed by atoms with Gasteiger partial charge in [0, 0.05) is 55.7 Å². The summed E-state index contributed by atoms with van der Waals surface area (Å²) >= 11 is 0. The molecule has 11 rings (SSSR count). The molecule has 0 radical (unpaired) electrons. The Labute approximate surface area is 373 Å². The van der Waals surface area contributed by atoms with Crippen molar-refractivity contribution in [2.45, 2.75) is 55.4 Å². The maximum atomic E-state index is 8.25. The molecule has 0 aliphatic rings. The van der Waals surface area contributed by atoms with Crippen molar-refractivity contribution in [2.24, 2.45) is 0 Å². The summed E-state index contributed by atoms with van der Waals surface area (Å²) in [5.74, 6) is 0. The van der Waals surface area contributed by atoms with E-state index < -0.39 is 0 Å². The fraction of sp³-hybridized carbons (Fsp3) is 0.136. The molecule has 9 aromatic carbocycles. The van der Waals surface area contributed by atoms with Gasteiger partial charge in [0.2, 0.25) is 5.69 Å². The average molecular weight is 830 g/mol. The second kappa shape index (κ2) is 14.6. The molecular formula is C59H47N3O2. The summed E-state index contributed by atoms with van der Waals surface area (Å²) < 4.78 is 13.4. The molecule has 0 aliphatic heterocycles. The zero-order chi connectivity index (χ0) is 44.1. The number of hydrogen-bond acceptors (Lipinski definition) is 4. The van der Waals surface area contributed by atoms with Gasteiger partial charge in [-0.3, -0.25) is 0 Å². The Morgan fingerprint density at radius 3 is 1.22 bits per heavy atom. The van der Waals surface area contributed by atoms with Crippen molar-refractivity contribution >= 4 is 105 Å². The van der Waals surface area contributed by atoms with E-state index in [9.17, 15) is 0 Å². The van der Waals surface area contributed by atoms with E-state index >= 15 is 0 Å². The normalized spacial score (nSPS) is 11.7. The van der Waals surface area contributed by atoms with Gasteiger partial charge in [0.15, 0.2) is 0 Å². The minimum atomic E-state index is 0.433. The van der Waals surface area contributed by atoms with Crippen LogP contribution in [0.2, 0.25) is 0 Å². The Kier molecular flexibility index (Phi) is 8.94. The number of aryl methyl sites for hydroxylation is 4. The zero-order valence-corrected chi connectivity index (χ0v) is 37.4. The van der Waals surface area contributed by atoms with Gasteiger partial charge in [-0.2, -0.15) is 0 Å². The fourth-order valence-electron chi connectivity index (χ4n) is 9.74. The largest absolute Gasteiger partial charge is 0.467 e. The van der Waals surface area contributed by atoms with Gasteiger partial charge < -0.3 is 18.6 Å². The van der Waals surface area contributed by atoms with Crippen LogP contribution in [0.25, 0.3) is 70.3 Å². The molecule has 0 spiro atoms. The number of nitrogens with zero attached hydrogens (tertiary/aromatic N) is 3. The number of anilines is 6. The van der Waals surface area contributed by atoms with Gasteiger partial charge in [0.05, 0.1) is 6.57 Å². The zero-order valence-electron chi connectivity index (χ0n) is 37.4. The van der Waals surface area contributed by atoms with Gasteiger partial charge in [-0.1, -0.05) is 60.7 Å². The topological polar surface area (TPSA) is 37.1 Å². The second-order valence-electron chi connectivity index (χ2n) is 17.6. The average Bonchev–Trinajstić information content (AvgIpc) is 3.84. The third-order valence-electron chi connectivity index (χ3n) is 13.9. The van der Waals surface area contributed by atoms with Crippen LogP contribution in [0.1, 0.15) is 44.5 Å². The Bertz CT molecular complexity index is 3700. The van der Waals surface area contributed by atoms with Crippen molar-refractivity contribution in [1.82, 2.24) is 0 Å². The summed E-state index contributed by atoms with van der Waals surface area (Å²) in [5.41, 5.74) is 19.9. The molecule has 0 fully saturated rings. The highest BCUT2D eigenvalue weighted by molar-refractivity contribution is 6.30. The predicted molar refractivity (Wildman–Crippen MR) is 270 cm³/mol. The van der Waals surface area contributed by atoms with Crippen molar-refractivity contribution in [1.29, 1.82) is 0 Å². The molecule has 5 nitrogen and oxygen atoms in total. The summed E-state index contributed by atoms with van der Waals surface area (Å²) in [6.45, 7) is 25.7. The first-order valence-corrected chi connectivity index (χ1v) is 21.9. The van der Waals surface area contributed by atoms with Gasteiger partial charge in [-0.15, -0.1) is 0 Å². The first-order valence-electron chi connectivity index (χ1n) is 21.9. The molecular weight excluding hydrogens is 783 g/mol. The number of hydrogen-bond donors (Lipinski definition) is 0. The van der Waals surface area contributed by atoms with Gasteiger partial charge in [0.25, 0.3) is 0 Å². The molecule has 2 heterocycles. The highest BCUT2D eigenvalue weighted by Crippen LogP contribution is 2.48. The van der Waals surface area contributed by atoms with E-state index in [1.54, 1.807) is 0 Å². The molecule has 0 bridgehead atoms. The molecule has 0 N–H and O–H groups in total. The van der Waals surface area contributed by atoms with Crippen LogP contribution in [0.15, 0.2) is 148 Å². The lowest BCUT2D eigenvalue weighted by molar-refractivity contribution is 0.665. The summed E-state index contributed by atoms with van der Waals surface area (Å²) in [7, 11) is 0. The SMILES string of the molecule is [C-]#[N+]c1cc2oc3cc4cc(N(c5cccc(C)c5C)c5cccc(C)c5C)ccc4cc3c2c2c1oc1cc3cc(N(c4cccc(C)c4C)c4cccc(C)c4C)ccc3cc12. The molecule has 0 saturated carbocycles. The van der Waals surface area contributed by atoms with E-state index in [0.717, 1.165) is 88.4 Å². The van der Waals surface area contributed by atoms with Crippen LogP contribution in [0.5, 0.6) is 0 Å². The predicted octanol–water partition coefficient (Wildman–Crippen LogP) is 17.7. The monoisotopic (exact) mass is 829 g/mol. The first-order chi connectivity index (χ1) is 31.0. The van der Waals surface area contributed by atoms with E-state index in [-0.39, 0.29) is 0 Å². The molecule has 0 amide bonds. The van der Waals surface area contributed by atoms with Crippen molar-refractivity contribution in [2.75, 3.05) is 9.80 Å². The van der Waals surface area contributed by atoms with Crippen LogP contribution in [-0.4, -0.2) is 0 Å². The molecule has 0 atom stereocenters. The minimum absolute atomic E-state index is 0.433. The molecule has 0 unspecified atom stereocenters. The summed E-state index contributed by atoms with van der Waals surface area (Å²) in [6.07, 6.45) is 0. The van der Waals surface area contributed by atoms with E-state index in [1.165, 1.54) is 44.5 Å². The maximum Gasteiger partial charge on any atom is 0.233 e. The third-order valence-corrected chi connectivity index (χ3v) is 13.9. The molecule has 64 heavy (non-hydrogen) atoms. The third kappa shape index (κ3) is 5.97. The Morgan fingerprint density at radius 1 is 0.391 bits per heavy atom. The first kappa shape index (κ1) is 39.1. The molecule has 0 saturated heterocycles. The molecule has 310 valence electrons. The van der Waals surface area contributed by atoms with E-state index in [4.69, 9.17) is 15.4 Å². The lowest BCUT2D eigenvalue weighted by Crippen LogP contribution is -2.13. The number of benzene rings is 9. The lowest BCUT2D eigenvalue weighted by atomic mass is 9.99. The number of furan rings is 2. The van der Waals surface area contributed by atoms with Crippen LogP contribution in [0.4, 0.5) is 39.8 Å². The summed E-state index contributed by atoms with van der Waals surface area (Å²) in [4.78, 5) is 8.73. The van der Waals surface area contributed by atoms with E-state index in [1.807, 2.05) is 6.07 Å². The maximum absolute atomic E-state index is 8.25. The highest BCUT2D eigenvalue weighted by atomic mass is 16.3. The van der Waals surface area contributed by atoms with Crippen molar-refractivity contribution in [3.63, 3.8) is 0 Å². The van der Waals surface area contributed by atoms with E-state index in [2.05, 4.69) is 203 Å². The molecule has 5 heteroatoms. The van der Waals surface area contributed by atoms with E-state index in [0.29, 0.717) is 16.9 Å². The smallest absolute Gasteiger partial charge is 0.233 e. The van der Waals surface area contributed by atoms with Crippen LogP contribution >= 0.6 is 0 Å². The quantitative estimate of drug-likeness (QED) is 0.156. The molecule has 11 aromatic rings. The second-order valence-corrected chi connectivity index (χ2v) is 17.6. The van der Waals surface area contributed by atoms with Crippen molar-refractivity contribution < 1.29 is 8.83 Å². The highest BCUT2D eigenvalue weighted by Gasteiger charge is 2.24. The van der Waals surface area contributed by atoms with Crippen LogP contribution in [0.3, 0.4) is 0 Å². The number of rotatable bonds is 6. The Balaban J connectivity index is 1.09. The van der Waals surface area contributed by atoms with Gasteiger partial charge in [-0.25, -0.2) is 4.85 Å². The molecule has 0 aliphatic carbocycles. The molecule has 2 aromatic heterocycles. The Morgan fingerprint density at radius 2 is 0.797 bits per heavy atom. The Hall–Kier alpha value is -7.81. The lowest BCUT2D eigenvalue weighted by Gasteiger charge is -2.30. The van der Waals surface area contributed by atoms with Gasteiger partial charge in [0.1, 0.15) is 22.3 Å². The minimum Gasteiger partial charge on any atom is -0.467 e. The summed E-state index contributed by atoms with van der Waals surface area (Å²) in [6, 6.07) is 50.0. The van der Waals surface area contributed by atoms with Gasteiger partial charge >= 0.3 is 0 Å². The number of fused-ring (bicyclic) bond motifs is 9. The van der Waals surface area contributed by atoms with Gasteiger partial charge in [-0.05, 0) is 200 Å². The summed E-state index contributed by atoms with van der Waals surface area (Å²) in [5, 5.41) is 8.14.